The largest absolute Gasteiger partial charge is 0.422 e. The molecule has 0 atom stereocenters. The fourth-order valence-electron chi connectivity index (χ4n) is 2.94. The molecule has 0 N–H and O–H groups in total. The summed E-state index contributed by atoms with van der Waals surface area (Å²) in [5, 5.41) is 0.604. The predicted octanol–water partition coefficient (Wildman–Crippen LogP) is 3.88. The highest BCUT2D eigenvalue weighted by atomic mass is 32.2. The summed E-state index contributed by atoms with van der Waals surface area (Å²) in [5.74, 6) is -0.165. The van der Waals surface area contributed by atoms with Gasteiger partial charge >= 0.3 is 5.63 Å². The van der Waals surface area contributed by atoms with Gasteiger partial charge in [-0.25, -0.2) is 13.2 Å². The lowest BCUT2D eigenvalue weighted by Crippen LogP contribution is -2.30. The molecule has 2 rings (SSSR count). The van der Waals surface area contributed by atoms with E-state index in [4.69, 9.17) is 4.42 Å². The Morgan fingerprint density at radius 1 is 1.03 bits per heavy atom. The Labute approximate surface area is 171 Å². The summed E-state index contributed by atoms with van der Waals surface area (Å²) in [5.41, 5.74) is 0.478. The Balaban J connectivity index is 1.91. The molecule has 0 aliphatic carbocycles. The van der Waals surface area contributed by atoms with E-state index in [1.54, 1.807) is 39.0 Å². The monoisotopic (exact) mass is 420 g/mol. The highest BCUT2D eigenvalue weighted by Crippen LogP contribution is 2.19. The van der Waals surface area contributed by atoms with Gasteiger partial charge in [-0.1, -0.05) is 12.5 Å². The van der Waals surface area contributed by atoms with Gasteiger partial charge in [0.25, 0.3) is 0 Å². The molecule has 0 spiro atoms. The Morgan fingerprint density at radius 2 is 1.72 bits per heavy atom. The summed E-state index contributed by atoms with van der Waals surface area (Å²) in [6, 6.07) is 6.60. The summed E-state index contributed by atoms with van der Waals surface area (Å²) >= 11 is 0. The first-order chi connectivity index (χ1) is 13.4. The summed E-state index contributed by atoms with van der Waals surface area (Å²) in [6.45, 7) is 6.39. The Morgan fingerprint density at radius 3 is 2.34 bits per heavy atom. The molecular formula is C22H28O6S. The summed E-state index contributed by atoms with van der Waals surface area (Å²) in [4.78, 5) is 35.5. The number of carbonyl (C=O) groups is 2. The molecule has 0 radical (unpaired) electrons. The van der Waals surface area contributed by atoms with E-state index in [0.29, 0.717) is 36.7 Å². The smallest absolute Gasteiger partial charge is 0.347 e. The van der Waals surface area contributed by atoms with Crippen LogP contribution < -0.4 is 5.63 Å². The molecule has 0 aliphatic heterocycles. The molecule has 0 aliphatic rings. The molecule has 1 aromatic heterocycles. The minimum absolute atomic E-state index is 0.00816. The fourth-order valence-corrected chi connectivity index (χ4v) is 4.14. The van der Waals surface area contributed by atoms with Crippen molar-refractivity contribution in [3.8, 4) is 0 Å². The van der Waals surface area contributed by atoms with E-state index in [1.165, 1.54) is 13.0 Å². The molecule has 158 valence electrons. The molecule has 1 heterocycles. The van der Waals surface area contributed by atoms with E-state index in [9.17, 15) is 22.8 Å². The second kappa shape index (κ2) is 9.03. The molecule has 7 heteroatoms. The van der Waals surface area contributed by atoms with Crippen molar-refractivity contribution >= 4 is 32.4 Å². The van der Waals surface area contributed by atoms with Crippen molar-refractivity contribution in [1.29, 1.82) is 0 Å². The van der Waals surface area contributed by atoms with Crippen molar-refractivity contribution in [3.63, 3.8) is 0 Å². The van der Waals surface area contributed by atoms with Gasteiger partial charge in [-0.05, 0) is 64.3 Å². The van der Waals surface area contributed by atoms with Crippen LogP contribution in [0.4, 0.5) is 0 Å². The number of unbranched alkanes of at least 4 members (excludes halogenated alkanes) is 2. The van der Waals surface area contributed by atoms with Crippen LogP contribution >= 0.6 is 0 Å². The van der Waals surface area contributed by atoms with Crippen LogP contribution in [0.3, 0.4) is 0 Å². The van der Waals surface area contributed by atoms with Crippen LogP contribution in [-0.4, -0.2) is 30.5 Å². The van der Waals surface area contributed by atoms with Crippen molar-refractivity contribution in [2.45, 2.75) is 64.5 Å². The minimum Gasteiger partial charge on any atom is -0.422 e. The van der Waals surface area contributed by atoms with Crippen LogP contribution in [0, 0.1) is 0 Å². The van der Waals surface area contributed by atoms with Crippen LogP contribution in [0.1, 0.15) is 69.3 Å². The number of sulfone groups is 1. The number of Topliss-reactive ketones (excluding diaryl/α,β-unsaturated/α-hetero) is 2. The van der Waals surface area contributed by atoms with E-state index >= 15 is 0 Å². The van der Waals surface area contributed by atoms with Crippen LogP contribution in [0.2, 0.25) is 0 Å². The third-order valence-corrected chi connectivity index (χ3v) is 7.57. The van der Waals surface area contributed by atoms with Crippen molar-refractivity contribution in [2.75, 3.05) is 5.75 Å². The topological polar surface area (TPSA) is 98.5 Å². The first kappa shape index (κ1) is 23.0. The van der Waals surface area contributed by atoms with Gasteiger partial charge in [-0.2, -0.15) is 0 Å². The van der Waals surface area contributed by atoms with E-state index in [1.807, 2.05) is 0 Å². The first-order valence-corrected chi connectivity index (χ1v) is 11.4. The van der Waals surface area contributed by atoms with Gasteiger partial charge in [-0.3, -0.25) is 9.59 Å². The number of hydrogen-bond acceptors (Lipinski definition) is 6. The van der Waals surface area contributed by atoms with Gasteiger partial charge < -0.3 is 4.42 Å². The number of hydrogen-bond donors (Lipinski definition) is 0. The summed E-state index contributed by atoms with van der Waals surface area (Å²) in [7, 11) is -3.12. The molecule has 1 aromatic carbocycles. The Hall–Kier alpha value is -2.28. The predicted molar refractivity (Wildman–Crippen MR) is 113 cm³/mol. The van der Waals surface area contributed by atoms with E-state index in [2.05, 4.69) is 0 Å². The number of rotatable bonds is 9. The van der Waals surface area contributed by atoms with Crippen molar-refractivity contribution in [2.24, 2.45) is 0 Å². The molecule has 0 saturated carbocycles. The average Bonchev–Trinajstić information content (AvgIpc) is 2.59. The minimum atomic E-state index is -3.12. The second-order valence-electron chi connectivity index (χ2n) is 8.33. The molecule has 0 unspecified atom stereocenters. The summed E-state index contributed by atoms with van der Waals surface area (Å²) < 4.78 is 28.5. The number of carbonyl (C=O) groups excluding carboxylic acids is 2. The normalized spacial score (nSPS) is 12.3. The maximum atomic E-state index is 12.3. The molecular weight excluding hydrogens is 392 g/mol. The lowest BCUT2D eigenvalue weighted by atomic mass is 10.0. The Bertz CT molecular complexity index is 1070. The van der Waals surface area contributed by atoms with Gasteiger partial charge in [0.2, 0.25) is 0 Å². The third-order valence-electron chi connectivity index (χ3n) is 4.88. The van der Waals surface area contributed by atoms with Crippen LogP contribution in [0.15, 0.2) is 33.5 Å². The second-order valence-corrected chi connectivity index (χ2v) is 11.2. The average molecular weight is 421 g/mol. The number of fused-ring (bicyclic) bond motifs is 1. The zero-order chi connectivity index (χ0) is 21.8. The zero-order valence-electron chi connectivity index (χ0n) is 17.4. The van der Waals surface area contributed by atoms with Crippen LogP contribution in [0.5, 0.6) is 0 Å². The van der Waals surface area contributed by atoms with Crippen molar-refractivity contribution in [1.82, 2.24) is 0 Å². The lowest BCUT2D eigenvalue weighted by molar-refractivity contribution is -0.118. The summed E-state index contributed by atoms with van der Waals surface area (Å²) in [6.07, 6.45) is 2.51. The molecule has 6 nitrogen and oxygen atoms in total. The molecule has 29 heavy (non-hydrogen) atoms. The molecule has 0 fully saturated rings. The van der Waals surface area contributed by atoms with Crippen molar-refractivity contribution in [3.05, 3.63) is 45.8 Å². The quantitative estimate of drug-likeness (QED) is 0.347. The fraction of sp³-hybridized carbons (Fsp3) is 0.500. The highest BCUT2D eigenvalue weighted by molar-refractivity contribution is 7.92. The number of ketones is 2. The highest BCUT2D eigenvalue weighted by Gasteiger charge is 2.27. The standard InChI is InChI=1S/C22H28O6S/c1-15(23)19-14-17-12-16(9-10-20(17)28-21(19)25)13-18(24)8-6-5-7-11-29(26,27)22(2,3)4/h9-10,12,14H,5-8,11,13H2,1-4H3. The molecule has 0 bridgehead atoms. The SMILES string of the molecule is CC(=O)c1cc2cc(CC(=O)CCCCCS(=O)(=O)C(C)(C)C)ccc2oc1=O. The Kier molecular flexibility index (Phi) is 7.16. The van der Waals surface area contributed by atoms with E-state index in [-0.39, 0.29) is 29.3 Å². The van der Waals surface area contributed by atoms with Crippen LogP contribution in [0.25, 0.3) is 11.0 Å². The molecule has 0 amide bonds. The lowest BCUT2D eigenvalue weighted by Gasteiger charge is -2.18. The zero-order valence-corrected chi connectivity index (χ0v) is 18.2. The van der Waals surface area contributed by atoms with Gasteiger partial charge in [0.1, 0.15) is 16.9 Å². The maximum absolute atomic E-state index is 12.3. The van der Waals surface area contributed by atoms with Gasteiger partial charge in [0, 0.05) is 18.2 Å². The number of benzene rings is 1. The van der Waals surface area contributed by atoms with Crippen molar-refractivity contribution < 1.29 is 22.4 Å². The molecule has 0 saturated heterocycles. The van der Waals surface area contributed by atoms with E-state index in [0.717, 1.165) is 5.56 Å². The maximum Gasteiger partial charge on any atom is 0.347 e. The molecule has 2 aromatic rings. The van der Waals surface area contributed by atoms with Crippen LogP contribution in [-0.2, 0) is 21.1 Å². The van der Waals surface area contributed by atoms with E-state index < -0.39 is 20.2 Å². The van der Waals surface area contributed by atoms with Gasteiger partial charge in [-0.15, -0.1) is 0 Å². The van der Waals surface area contributed by atoms with Gasteiger partial charge in [0.15, 0.2) is 15.6 Å². The van der Waals surface area contributed by atoms with Gasteiger partial charge in [0.05, 0.1) is 10.5 Å². The first-order valence-electron chi connectivity index (χ1n) is 9.72. The third kappa shape index (κ3) is 6.10.